The number of rotatable bonds is 2. The van der Waals surface area contributed by atoms with E-state index in [1.165, 1.54) is 6.26 Å². The van der Waals surface area contributed by atoms with Gasteiger partial charge in [-0.1, -0.05) is 6.92 Å². The third-order valence-corrected chi connectivity index (χ3v) is 2.11. The minimum Gasteiger partial charge on any atom is -0.457 e. The Morgan fingerprint density at radius 2 is 2.46 bits per heavy atom. The predicted octanol–water partition coefficient (Wildman–Crippen LogP) is 2.65. The second-order valence-electron chi connectivity index (χ2n) is 2.50. The van der Waals surface area contributed by atoms with E-state index in [9.17, 15) is 0 Å². The Hall–Kier alpha value is -1.21. The van der Waals surface area contributed by atoms with Gasteiger partial charge in [0.2, 0.25) is 0 Å². The van der Waals surface area contributed by atoms with Gasteiger partial charge in [0.25, 0.3) is 0 Å². The molecule has 0 aromatic carbocycles. The molecule has 68 valence electrons. The third-order valence-electron chi connectivity index (χ3n) is 1.69. The number of nitriles is 1. The Morgan fingerprint density at radius 3 is 2.85 bits per heavy atom. The molecular weight excluding hydrogens is 232 g/mol. The second kappa shape index (κ2) is 4.15. The number of nitrogens with zero attached hydrogens (tertiary/aromatic N) is 1. The van der Waals surface area contributed by atoms with Gasteiger partial charge in [-0.2, -0.15) is 5.26 Å². The summed E-state index contributed by atoms with van der Waals surface area (Å²) in [4.78, 5) is 0. The van der Waals surface area contributed by atoms with E-state index in [0.717, 1.165) is 5.56 Å². The number of halogens is 1. The molecule has 0 bridgehead atoms. The lowest BCUT2D eigenvalue weighted by Crippen LogP contribution is -1.98. The summed E-state index contributed by atoms with van der Waals surface area (Å²) in [7, 11) is 0. The molecule has 0 atom stereocenters. The maximum absolute atomic E-state index is 8.73. The Morgan fingerprint density at radius 1 is 1.77 bits per heavy atom. The highest BCUT2D eigenvalue weighted by molar-refractivity contribution is 9.10. The molecule has 0 amide bonds. The number of nitrogens with two attached hydrogens (primary N) is 1. The van der Waals surface area contributed by atoms with Crippen molar-refractivity contribution < 1.29 is 4.42 Å². The molecule has 4 heteroatoms. The fourth-order valence-electron chi connectivity index (χ4n) is 0.955. The van der Waals surface area contributed by atoms with Crippen molar-refractivity contribution in [3.63, 3.8) is 0 Å². The summed E-state index contributed by atoms with van der Waals surface area (Å²) in [5.41, 5.74) is 7.55. The van der Waals surface area contributed by atoms with Gasteiger partial charge in [-0.05, 0) is 22.4 Å². The summed E-state index contributed by atoms with van der Waals surface area (Å²) in [6, 6.07) is 3.80. The molecule has 0 spiro atoms. The number of hydrogen-bond donors (Lipinski definition) is 1. The van der Waals surface area contributed by atoms with E-state index >= 15 is 0 Å². The summed E-state index contributed by atoms with van der Waals surface area (Å²) in [6.45, 7) is 1.89. The van der Waals surface area contributed by atoms with Gasteiger partial charge in [0.05, 0.1) is 17.3 Å². The molecule has 13 heavy (non-hydrogen) atoms. The first-order valence-electron chi connectivity index (χ1n) is 3.82. The van der Waals surface area contributed by atoms with E-state index in [-0.39, 0.29) is 0 Å². The Kier molecular flexibility index (Phi) is 3.15. The van der Waals surface area contributed by atoms with Gasteiger partial charge in [-0.25, -0.2) is 0 Å². The standard InChI is InChI=1S/C9H9BrN2O/c1-2-6(4-11)9(12)7-3-8(10)13-5-7/h3,5H,2,12H2,1H3/b9-6+. The fourth-order valence-corrected chi connectivity index (χ4v) is 1.30. The molecule has 3 nitrogen and oxygen atoms in total. The van der Waals surface area contributed by atoms with Crippen LogP contribution in [-0.4, -0.2) is 0 Å². The second-order valence-corrected chi connectivity index (χ2v) is 3.28. The van der Waals surface area contributed by atoms with Gasteiger partial charge in [-0.15, -0.1) is 0 Å². The van der Waals surface area contributed by atoms with Crippen molar-refractivity contribution in [2.45, 2.75) is 13.3 Å². The highest BCUT2D eigenvalue weighted by Gasteiger charge is 2.06. The molecule has 0 radical (unpaired) electrons. The van der Waals surface area contributed by atoms with E-state index in [2.05, 4.69) is 22.0 Å². The maximum atomic E-state index is 8.73. The van der Waals surface area contributed by atoms with Gasteiger partial charge < -0.3 is 10.2 Å². The van der Waals surface area contributed by atoms with Crippen molar-refractivity contribution in [3.8, 4) is 6.07 Å². The maximum Gasteiger partial charge on any atom is 0.169 e. The SMILES string of the molecule is CC/C(C#N)=C(\N)c1coc(Br)c1. The van der Waals surface area contributed by atoms with Crippen LogP contribution >= 0.6 is 15.9 Å². The van der Waals surface area contributed by atoms with Crippen molar-refractivity contribution in [2.24, 2.45) is 5.73 Å². The Balaban J connectivity index is 3.09. The first-order chi connectivity index (χ1) is 6.19. The fraction of sp³-hybridized carbons (Fsp3) is 0.222. The molecule has 0 aliphatic rings. The topological polar surface area (TPSA) is 63.0 Å². The van der Waals surface area contributed by atoms with E-state index in [4.69, 9.17) is 15.4 Å². The molecule has 0 unspecified atom stereocenters. The minimum atomic E-state index is 0.486. The van der Waals surface area contributed by atoms with Crippen LogP contribution in [0.2, 0.25) is 0 Å². The average molecular weight is 241 g/mol. The van der Waals surface area contributed by atoms with Crippen LogP contribution in [0.25, 0.3) is 5.70 Å². The normalized spacial score (nSPS) is 12.1. The van der Waals surface area contributed by atoms with Crippen LogP contribution in [0.4, 0.5) is 0 Å². The first-order valence-corrected chi connectivity index (χ1v) is 4.61. The van der Waals surface area contributed by atoms with E-state index in [1.807, 2.05) is 6.92 Å². The monoisotopic (exact) mass is 240 g/mol. The van der Waals surface area contributed by atoms with Gasteiger partial charge in [0, 0.05) is 11.6 Å². The molecule has 0 saturated carbocycles. The average Bonchev–Trinajstić information content (AvgIpc) is 2.54. The van der Waals surface area contributed by atoms with Gasteiger partial charge >= 0.3 is 0 Å². The number of hydrogen-bond acceptors (Lipinski definition) is 3. The van der Waals surface area contributed by atoms with E-state index in [0.29, 0.717) is 22.4 Å². The van der Waals surface area contributed by atoms with Crippen LogP contribution in [0.5, 0.6) is 0 Å². The van der Waals surface area contributed by atoms with Crippen molar-refractivity contribution in [1.82, 2.24) is 0 Å². The molecule has 0 aliphatic heterocycles. The van der Waals surface area contributed by atoms with Crippen LogP contribution in [0.15, 0.2) is 27.0 Å². The van der Waals surface area contributed by atoms with Crippen molar-refractivity contribution in [2.75, 3.05) is 0 Å². The largest absolute Gasteiger partial charge is 0.457 e. The van der Waals surface area contributed by atoms with Crippen molar-refractivity contribution in [1.29, 1.82) is 5.26 Å². The molecule has 1 heterocycles. The zero-order valence-corrected chi connectivity index (χ0v) is 8.76. The van der Waals surface area contributed by atoms with E-state index < -0.39 is 0 Å². The number of furan rings is 1. The summed E-state index contributed by atoms with van der Waals surface area (Å²) in [5.74, 6) is 0. The quantitative estimate of drug-likeness (QED) is 0.809. The molecule has 0 saturated heterocycles. The van der Waals surface area contributed by atoms with Crippen LogP contribution in [0.3, 0.4) is 0 Å². The summed E-state index contributed by atoms with van der Waals surface area (Å²) >= 11 is 3.17. The van der Waals surface area contributed by atoms with Crippen molar-refractivity contribution in [3.05, 3.63) is 28.1 Å². The first kappa shape index (κ1) is 9.87. The molecule has 1 aromatic rings. The van der Waals surface area contributed by atoms with E-state index in [1.54, 1.807) is 6.07 Å². The highest BCUT2D eigenvalue weighted by atomic mass is 79.9. The lowest BCUT2D eigenvalue weighted by Gasteiger charge is -1.98. The Bertz CT molecular complexity index is 373. The molecule has 2 N–H and O–H groups in total. The predicted molar refractivity (Wildman–Crippen MR) is 53.4 cm³/mol. The lowest BCUT2D eigenvalue weighted by molar-refractivity contribution is 0.540. The zero-order valence-electron chi connectivity index (χ0n) is 7.17. The van der Waals surface area contributed by atoms with Crippen LogP contribution < -0.4 is 5.73 Å². The summed E-state index contributed by atoms with van der Waals surface area (Å²) < 4.78 is 5.63. The molecule has 0 fully saturated rings. The Labute approximate surface area is 85.0 Å². The molecule has 0 aliphatic carbocycles. The zero-order chi connectivity index (χ0) is 9.84. The van der Waals surface area contributed by atoms with Crippen LogP contribution in [0, 0.1) is 11.3 Å². The van der Waals surface area contributed by atoms with Gasteiger partial charge in [0.1, 0.15) is 6.26 Å². The summed E-state index contributed by atoms with van der Waals surface area (Å²) in [6.07, 6.45) is 2.15. The molecule has 1 rings (SSSR count). The molecular formula is C9H9BrN2O. The van der Waals surface area contributed by atoms with Crippen LogP contribution in [0.1, 0.15) is 18.9 Å². The highest BCUT2D eigenvalue weighted by Crippen LogP contribution is 2.21. The van der Waals surface area contributed by atoms with Gasteiger partial charge in [0.15, 0.2) is 4.67 Å². The smallest absolute Gasteiger partial charge is 0.169 e. The van der Waals surface area contributed by atoms with Gasteiger partial charge in [-0.3, -0.25) is 0 Å². The van der Waals surface area contributed by atoms with Crippen LogP contribution in [-0.2, 0) is 0 Å². The molecule has 1 aromatic heterocycles. The van der Waals surface area contributed by atoms with Crippen molar-refractivity contribution >= 4 is 21.6 Å². The lowest BCUT2D eigenvalue weighted by atomic mass is 10.1. The number of allylic oxidation sites excluding steroid dienone is 1. The summed E-state index contributed by atoms with van der Waals surface area (Å²) in [5, 5.41) is 8.73. The minimum absolute atomic E-state index is 0.486. The third kappa shape index (κ3) is 2.13.